The molecule has 1 aliphatic heterocycles. The van der Waals surface area contributed by atoms with Crippen LogP contribution in [0.3, 0.4) is 0 Å². The molecule has 1 aromatic carbocycles. The lowest BCUT2D eigenvalue weighted by atomic mass is 10.2. The van der Waals surface area contributed by atoms with Gasteiger partial charge in [-0.05, 0) is 31.4 Å². The van der Waals surface area contributed by atoms with E-state index in [9.17, 15) is 0 Å². The van der Waals surface area contributed by atoms with Gasteiger partial charge in [-0.2, -0.15) is 0 Å². The van der Waals surface area contributed by atoms with Crippen molar-refractivity contribution in [2.75, 3.05) is 13.1 Å². The molecule has 1 aliphatic rings. The summed E-state index contributed by atoms with van der Waals surface area (Å²) in [5.74, 6) is 0.993. The molecule has 2 heteroatoms. The number of nitrogens with zero attached hydrogens (tertiary/aromatic N) is 1. The van der Waals surface area contributed by atoms with Gasteiger partial charge in [0, 0.05) is 13.1 Å². The van der Waals surface area contributed by atoms with E-state index in [1.807, 2.05) is 30.3 Å². The molecule has 1 atom stereocenters. The summed E-state index contributed by atoms with van der Waals surface area (Å²) < 4.78 is 6.06. The summed E-state index contributed by atoms with van der Waals surface area (Å²) in [5.41, 5.74) is 0. The molecule has 1 aromatic rings. The molecule has 88 valence electrons. The summed E-state index contributed by atoms with van der Waals surface area (Å²) in [4.78, 5) is 2.47. The van der Waals surface area contributed by atoms with E-state index in [2.05, 4.69) is 11.8 Å². The van der Waals surface area contributed by atoms with E-state index >= 15 is 0 Å². The van der Waals surface area contributed by atoms with Crippen LogP contribution >= 0.6 is 0 Å². The first-order valence-corrected chi connectivity index (χ1v) is 6.36. The third-order valence-electron chi connectivity index (χ3n) is 3.10. The molecule has 16 heavy (non-hydrogen) atoms. The van der Waals surface area contributed by atoms with Crippen molar-refractivity contribution in [1.82, 2.24) is 4.90 Å². The standard InChI is InChI=1S/C14H21NO/c1-2-8-14(15-11-6-7-12-15)16-13-9-4-3-5-10-13/h3-5,9-10,14H,2,6-8,11-12H2,1H3. The molecule has 0 bridgehead atoms. The lowest BCUT2D eigenvalue weighted by Gasteiger charge is -2.27. The van der Waals surface area contributed by atoms with Crippen LogP contribution in [0.25, 0.3) is 0 Å². The Morgan fingerprint density at radius 1 is 1.19 bits per heavy atom. The number of ether oxygens (including phenoxy) is 1. The maximum Gasteiger partial charge on any atom is 0.152 e. The highest BCUT2D eigenvalue weighted by atomic mass is 16.5. The van der Waals surface area contributed by atoms with Crippen molar-refractivity contribution < 1.29 is 4.74 Å². The fourth-order valence-electron chi connectivity index (χ4n) is 2.25. The van der Waals surface area contributed by atoms with Crippen molar-refractivity contribution >= 4 is 0 Å². The van der Waals surface area contributed by atoms with E-state index in [0.717, 1.165) is 12.2 Å². The molecule has 2 rings (SSSR count). The summed E-state index contributed by atoms with van der Waals surface area (Å²) in [7, 11) is 0. The molecule has 0 amide bonds. The summed E-state index contributed by atoms with van der Waals surface area (Å²) in [5, 5.41) is 0. The van der Waals surface area contributed by atoms with Crippen LogP contribution in [0.2, 0.25) is 0 Å². The van der Waals surface area contributed by atoms with E-state index in [0.29, 0.717) is 0 Å². The Bertz CT molecular complexity index is 293. The van der Waals surface area contributed by atoms with Crippen molar-refractivity contribution in [1.29, 1.82) is 0 Å². The van der Waals surface area contributed by atoms with Crippen LogP contribution in [-0.4, -0.2) is 24.2 Å². The molecule has 1 saturated heterocycles. The van der Waals surface area contributed by atoms with Crippen LogP contribution in [0.1, 0.15) is 32.6 Å². The van der Waals surface area contributed by atoms with Crippen molar-refractivity contribution in [2.24, 2.45) is 0 Å². The Labute approximate surface area is 98.2 Å². The van der Waals surface area contributed by atoms with Crippen LogP contribution in [0.15, 0.2) is 30.3 Å². The predicted octanol–water partition coefficient (Wildman–Crippen LogP) is 3.29. The Morgan fingerprint density at radius 2 is 1.88 bits per heavy atom. The first-order valence-electron chi connectivity index (χ1n) is 6.36. The zero-order valence-corrected chi connectivity index (χ0v) is 10.1. The van der Waals surface area contributed by atoms with Gasteiger partial charge in [0.05, 0.1) is 0 Å². The van der Waals surface area contributed by atoms with Crippen LogP contribution in [0.5, 0.6) is 5.75 Å². The van der Waals surface area contributed by atoms with Gasteiger partial charge in [-0.3, -0.25) is 4.90 Å². The van der Waals surface area contributed by atoms with Crippen molar-refractivity contribution in [2.45, 2.75) is 38.8 Å². The highest BCUT2D eigenvalue weighted by molar-refractivity contribution is 5.21. The first-order chi connectivity index (χ1) is 7.90. The lowest BCUT2D eigenvalue weighted by Crippen LogP contribution is -2.37. The SMILES string of the molecule is CCCC(Oc1ccccc1)N1CCCC1. The molecule has 0 spiro atoms. The number of hydrogen-bond acceptors (Lipinski definition) is 2. The maximum atomic E-state index is 6.06. The normalized spacial score (nSPS) is 18.6. The zero-order valence-electron chi connectivity index (χ0n) is 10.1. The van der Waals surface area contributed by atoms with Gasteiger partial charge in [0.2, 0.25) is 0 Å². The monoisotopic (exact) mass is 219 g/mol. The van der Waals surface area contributed by atoms with Gasteiger partial charge in [0.1, 0.15) is 5.75 Å². The van der Waals surface area contributed by atoms with Crippen molar-refractivity contribution in [3.63, 3.8) is 0 Å². The predicted molar refractivity (Wildman–Crippen MR) is 66.6 cm³/mol. The highest BCUT2D eigenvalue weighted by Gasteiger charge is 2.22. The Morgan fingerprint density at radius 3 is 2.50 bits per heavy atom. The van der Waals surface area contributed by atoms with Gasteiger partial charge in [-0.15, -0.1) is 0 Å². The fraction of sp³-hybridized carbons (Fsp3) is 0.571. The minimum Gasteiger partial charge on any atom is -0.475 e. The zero-order chi connectivity index (χ0) is 11.2. The molecule has 1 heterocycles. The first kappa shape index (κ1) is 11.5. The summed E-state index contributed by atoms with van der Waals surface area (Å²) >= 11 is 0. The number of benzene rings is 1. The number of likely N-dealkylation sites (tertiary alicyclic amines) is 1. The smallest absolute Gasteiger partial charge is 0.152 e. The minimum atomic E-state index is 0.273. The number of rotatable bonds is 5. The number of para-hydroxylation sites is 1. The van der Waals surface area contributed by atoms with Gasteiger partial charge in [0.15, 0.2) is 6.23 Å². The molecular formula is C14H21NO. The third kappa shape index (κ3) is 2.99. The average molecular weight is 219 g/mol. The summed E-state index contributed by atoms with van der Waals surface area (Å²) in [6, 6.07) is 10.2. The summed E-state index contributed by atoms with van der Waals surface area (Å²) in [6.45, 7) is 4.60. The molecule has 0 saturated carbocycles. The van der Waals surface area contributed by atoms with E-state index in [-0.39, 0.29) is 6.23 Å². The van der Waals surface area contributed by atoms with E-state index in [1.54, 1.807) is 0 Å². The Hall–Kier alpha value is -1.02. The van der Waals surface area contributed by atoms with Crippen LogP contribution < -0.4 is 4.74 Å². The maximum absolute atomic E-state index is 6.06. The second-order valence-corrected chi connectivity index (χ2v) is 4.42. The van der Waals surface area contributed by atoms with Gasteiger partial charge >= 0.3 is 0 Å². The van der Waals surface area contributed by atoms with Crippen molar-refractivity contribution in [3.05, 3.63) is 30.3 Å². The molecule has 0 N–H and O–H groups in total. The molecule has 1 unspecified atom stereocenters. The molecule has 2 nitrogen and oxygen atoms in total. The molecule has 0 aromatic heterocycles. The van der Waals surface area contributed by atoms with E-state index in [1.165, 1.54) is 32.4 Å². The average Bonchev–Trinajstić information content (AvgIpc) is 2.83. The molecule has 1 fully saturated rings. The molecule has 0 aliphatic carbocycles. The molecular weight excluding hydrogens is 198 g/mol. The largest absolute Gasteiger partial charge is 0.475 e. The van der Waals surface area contributed by atoms with Crippen LogP contribution in [0, 0.1) is 0 Å². The lowest BCUT2D eigenvalue weighted by molar-refractivity contribution is 0.0357. The fourth-order valence-corrected chi connectivity index (χ4v) is 2.25. The van der Waals surface area contributed by atoms with Crippen molar-refractivity contribution in [3.8, 4) is 5.75 Å². The Kier molecular flexibility index (Phi) is 4.23. The van der Waals surface area contributed by atoms with E-state index in [4.69, 9.17) is 4.74 Å². The number of hydrogen-bond donors (Lipinski definition) is 0. The highest BCUT2D eigenvalue weighted by Crippen LogP contribution is 2.19. The van der Waals surface area contributed by atoms with Gasteiger partial charge in [-0.1, -0.05) is 31.5 Å². The van der Waals surface area contributed by atoms with Gasteiger partial charge < -0.3 is 4.74 Å². The second-order valence-electron chi connectivity index (χ2n) is 4.42. The molecule has 0 radical (unpaired) electrons. The van der Waals surface area contributed by atoms with Gasteiger partial charge in [-0.25, -0.2) is 0 Å². The topological polar surface area (TPSA) is 12.5 Å². The van der Waals surface area contributed by atoms with Crippen LogP contribution in [0.4, 0.5) is 0 Å². The third-order valence-corrected chi connectivity index (χ3v) is 3.10. The van der Waals surface area contributed by atoms with E-state index < -0.39 is 0 Å². The minimum absolute atomic E-state index is 0.273. The second kappa shape index (κ2) is 5.90. The quantitative estimate of drug-likeness (QED) is 0.753. The summed E-state index contributed by atoms with van der Waals surface area (Å²) in [6.07, 6.45) is 5.20. The Balaban J connectivity index is 1.96. The van der Waals surface area contributed by atoms with Crippen LogP contribution in [-0.2, 0) is 0 Å². The van der Waals surface area contributed by atoms with Gasteiger partial charge in [0.25, 0.3) is 0 Å².